The van der Waals surface area contributed by atoms with Crippen LogP contribution in [0.1, 0.15) is 0 Å². The molecule has 0 aliphatic heterocycles. The molecule has 3 aromatic heterocycles. The Hall–Kier alpha value is -4.46. The van der Waals surface area contributed by atoms with Crippen LogP contribution in [-0.4, -0.2) is 25.0 Å². The van der Waals surface area contributed by atoms with Gasteiger partial charge < -0.3 is 10.7 Å². The topological polar surface area (TPSA) is 105 Å². The number of nitrogens with one attached hydrogen (secondary N) is 2. The lowest BCUT2D eigenvalue weighted by molar-refractivity contribution is 0.636. The maximum Gasteiger partial charge on any atom is 0.272 e. The van der Waals surface area contributed by atoms with Crippen molar-refractivity contribution in [3.05, 3.63) is 77.2 Å². The third-order valence-corrected chi connectivity index (χ3v) is 5.92. The van der Waals surface area contributed by atoms with Crippen molar-refractivity contribution in [3.8, 4) is 22.3 Å². The molecule has 4 N–H and O–H groups in total. The van der Waals surface area contributed by atoms with Crippen LogP contribution in [0, 0.1) is 5.82 Å². The molecule has 8 heteroatoms. The van der Waals surface area contributed by atoms with Crippen LogP contribution in [0.5, 0.6) is 0 Å². The summed E-state index contributed by atoms with van der Waals surface area (Å²) in [6.07, 6.45) is 5.28. The molecule has 32 heavy (non-hydrogen) atoms. The first kappa shape index (κ1) is 18.3. The number of nitrogens with zero attached hydrogens (tertiary/aromatic N) is 3. The lowest BCUT2D eigenvalue weighted by atomic mass is 9.91. The summed E-state index contributed by atoms with van der Waals surface area (Å²) in [5, 5.41) is 14.2. The second-order valence-electron chi connectivity index (χ2n) is 7.79. The van der Waals surface area contributed by atoms with Crippen LogP contribution in [0.3, 0.4) is 0 Å². The minimum Gasteiger partial charge on any atom is -0.394 e. The van der Waals surface area contributed by atoms with Crippen LogP contribution in [0.4, 0.5) is 10.1 Å². The Kier molecular flexibility index (Phi) is 3.73. The maximum atomic E-state index is 14.3. The Labute approximate surface area is 180 Å². The second kappa shape index (κ2) is 6.52. The SMILES string of the molecule is Cn1cc(-c2cc3c(-c4ccc(F)c5[nH]ncc45)c(N)c(=O)[nH]c3c3ccccc23)cn1. The summed E-state index contributed by atoms with van der Waals surface area (Å²) in [4.78, 5) is 15.8. The lowest BCUT2D eigenvalue weighted by Gasteiger charge is -2.15. The molecule has 0 saturated heterocycles. The molecule has 0 aliphatic rings. The van der Waals surface area contributed by atoms with Gasteiger partial charge in [0.15, 0.2) is 0 Å². The van der Waals surface area contributed by atoms with Gasteiger partial charge in [0.25, 0.3) is 5.56 Å². The van der Waals surface area contributed by atoms with Gasteiger partial charge in [-0.3, -0.25) is 14.6 Å². The van der Waals surface area contributed by atoms with Gasteiger partial charge in [0, 0.05) is 40.5 Å². The fraction of sp³-hybridized carbons (Fsp3) is 0.0417. The fourth-order valence-corrected chi connectivity index (χ4v) is 4.46. The van der Waals surface area contributed by atoms with Crippen molar-refractivity contribution in [2.24, 2.45) is 7.05 Å². The molecule has 3 heterocycles. The second-order valence-corrected chi connectivity index (χ2v) is 7.79. The molecular formula is C24H17FN6O. The summed E-state index contributed by atoms with van der Waals surface area (Å²) in [5.41, 5.74) is 10.0. The van der Waals surface area contributed by atoms with Crippen molar-refractivity contribution >= 4 is 38.3 Å². The van der Waals surface area contributed by atoms with Gasteiger partial charge in [-0.1, -0.05) is 30.3 Å². The van der Waals surface area contributed by atoms with Crippen LogP contribution in [0.15, 0.2) is 65.8 Å². The van der Waals surface area contributed by atoms with Crippen molar-refractivity contribution in [2.75, 3.05) is 5.73 Å². The minimum atomic E-state index is -0.421. The normalized spacial score (nSPS) is 11.7. The third kappa shape index (κ3) is 2.49. The van der Waals surface area contributed by atoms with Crippen molar-refractivity contribution in [1.82, 2.24) is 25.0 Å². The standard InChI is InChI=1S/C24H17FN6O/c1-31-11-12(9-28-31)16-8-17-20(14-6-7-19(25)23-18(14)10-27-30-23)21(26)24(32)29-22(17)15-5-3-2-4-13(15)16/h2-11H,26H2,1H3,(H,27,30)(H,29,32). The van der Waals surface area contributed by atoms with Crippen molar-refractivity contribution in [3.63, 3.8) is 0 Å². The van der Waals surface area contributed by atoms with E-state index in [2.05, 4.69) is 20.3 Å². The van der Waals surface area contributed by atoms with E-state index in [9.17, 15) is 9.18 Å². The number of anilines is 1. The van der Waals surface area contributed by atoms with Gasteiger partial charge in [0.05, 0.1) is 17.9 Å². The van der Waals surface area contributed by atoms with Gasteiger partial charge in [-0.15, -0.1) is 0 Å². The third-order valence-electron chi connectivity index (χ3n) is 5.92. The predicted molar refractivity (Wildman–Crippen MR) is 124 cm³/mol. The number of halogens is 1. The van der Waals surface area contributed by atoms with Gasteiger partial charge in [0.2, 0.25) is 0 Å². The maximum absolute atomic E-state index is 14.3. The van der Waals surface area contributed by atoms with Crippen molar-refractivity contribution in [2.45, 2.75) is 0 Å². The molecule has 0 unspecified atom stereocenters. The zero-order valence-corrected chi connectivity index (χ0v) is 17.0. The number of pyridine rings is 1. The average molecular weight is 424 g/mol. The van der Waals surface area contributed by atoms with Gasteiger partial charge in [0.1, 0.15) is 17.0 Å². The summed E-state index contributed by atoms with van der Waals surface area (Å²) in [6, 6.07) is 12.9. The van der Waals surface area contributed by atoms with Gasteiger partial charge in [-0.25, -0.2) is 4.39 Å². The van der Waals surface area contributed by atoms with Crippen LogP contribution < -0.4 is 11.3 Å². The molecular weight excluding hydrogens is 407 g/mol. The molecule has 0 aliphatic carbocycles. The molecule has 3 aromatic carbocycles. The molecule has 6 aromatic rings. The Morgan fingerprint density at radius 2 is 1.78 bits per heavy atom. The van der Waals surface area contributed by atoms with Crippen LogP contribution in [0.25, 0.3) is 54.8 Å². The van der Waals surface area contributed by atoms with Gasteiger partial charge in [-0.05, 0) is 28.6 Å². The van der Waals surface area contributed by atoms with E-state index in [0.29, 0.717) is 22.0 Å². The quantitative estimate of drug-likeness (QED) is 0.360. The minimum absolute atomic E-state index is 0.0685. The number of hydrogen-bond donors (Lipinski definition) is 3. The van der Waals surface area contributed by atoms with Gasteiger partial charge in [-0.2, -0.15) is 10.2 Å². The van der Waals surface area contributed by atoms with E-state index in [4.69, 9.17) is 5.73 Å². The number of fused-ring (bicyclic) bond motifs is 4. The molecule has 0 atom stereocenters. The van der Waals surface area contributed by atoms with E-state index < -0.39 is 11.4 Å². The van der Waals surface area contributed by atoms with E-state index in [1.165, 1.54) is 6.07 Å². The number of hydrogen-bond acceptors (Lipinski definition) is 4. The summed E-state index contributed by atoms with van der Waals surface area (Å²) in [5.74, 6) is -0.421. The zero-order valence-electron chi connectivity index (χ0n) is 17.0. The molecule has 0 bridgehead atoms. The predicted octanol–water partition coefficient (Wildman–Crippen LogP) is 4.35. The lowest BCUT2D eigenvalue weighted by Crippen LogP contribution is -2.14. The van der Waals surface area contributed by atoms with Crippen LogP contribution >= 0.6 is 0 Å². The monoisotopic (exact) mass is 424 g/mol. The molecule has 0 radical (unpaired) electrons. The molecule has 0 fully saturated rings. The number of aromatic amines is 2. The number of rotatable bonds is 2. The molecule has 156 valence electrons. The van der Waals surface area contributed by atoms with Crippen LogP contribution in [0.2, 0.25) is 0 Å². The van der Waals surface area contributed by atoms with Crippen molar-refractivity contribution < 1.29 is 4.39 Å². The average Bonchev–Trinajstić information content (AvgIpc) is 3.45. The molecule has 0 spiro atoms. The van der Waals surface area contributed by atoms with Crippen molar-refractivity contribution in [1.29, 1.82) is 0 Å². The zero-order chi connectivity index (χ0) is 22.0. The molecule has 7 nitrogen and oxygen atoms in total. The van der Waals surface area contributed by atoms with E-state index in [1.807, 2.05) is 43.6 Å². The Bertz CT molecular complexity index is 1740. The summed E-state index contributed by atoms with van der Waals surface area (Å²) < 4.78 is 16.1. The molecule has 0 saturated carbocycles. The smallest absolute Gasteiger partial charge is 0.272 e. The largest absolute Gasteiger partial charge is 0.394 e. The number of H-pyrrole nitrogens is 2. The first-order valence-corrected chi connectivity index (χ1v) is 10.0. The Morgan fingerprint density at radius 3 is 2.56 bits per heavy atom. The molecule has 0 amide bonds. The molecule has 6 rings (SSSR count). The van der Waals surface area contributed by atoms with E-state index in [0.717, 1.165) is 27.3 Å². The highest BCUT2D eigenvalue weighted by atomic mass is 19.1. The van der Waals surface area contributed by atoms with E-state index in [-0.39, 0.29) is 11.2 Å². The van der Waals surface area contributed by atoms with E-state index >= 15 is 0 Å². The summed E-state index contributed by atoms with van der Waals surface area (Å²) >= 11 is 0. The Balaban J connectivity index is 1.83. The summed E-state index contributed by atoms with van der Waals surface area (Å²) in [6.45, 7) is 0. The highest BCUT2D eigenvalue weighted by Gasteiger charge is 2.20. The number of benzene rings is 3. The first-order chi connectivity index (χ1) is 15.5. The number of nitrogen functional groups attached to an aromatic ring is 1. The van der Waals surface area contributed by atoms with Gasteiger partial charge >= 0.3 is 0 Å². The Morgan fingerprint density at radius 1 is 0.969 bits per heavy atom. The van der Waals surface area contributed by atoms with Crippen LogP contribution in [-0.2, 0) is 7.05 Å². The highest BCUT2D eigenvalue weighted by molar-refractivity contribution is 6.18. The summed E-state index contributed by atoms with van der Waals surface area (Å²) in [7, 11) is 1.86. The highest BCUT2D eigenvalue weighted by Crippen LogP contribution is 2.41. The number of aromatic nitrogens is 5. The fourth-order valence-electron chi connectivity index (χ4n) is 4.46. The number of nitrogens with two attached hydrogens (primary N) is 1. The van der Waals surface area contributed by atoms with E-state index in [1.54, 1.807) is 23.1 Å². The number of aryl methyl sites for hydroxylation is 1. The first-order valence-electron chi connectivity index (χ1n) is 10.0.